The minimum Gasteiger partial charge on any atom is -0.392 e. The Bertz CT molecular complexity index is 370. The number of thiocarbonyl (C=S) groups is 1. The van der Waals surface area contributed by atoms with Gasteiger partial charge in [-0.05, 0) is 12.8 Å². The number of piperazine rings is 1. The number of hydrogen-bond donors (Lipinski definition) is 1. The molecule has 0 unspecified atom stereocenters. The van der Waals surface area contributed by atoms with Crippen LogP contribution in [0.25, 0.3) is 0 Å². The van der Waals surface area contributed by atoms with Crippen LogP contribution in [0.2, 0.25) is 0 Å². The van der Waals surface area contributed by atoms with Crippen molar-refractivity contribution in [3.8, 4) is 0 Å². The summed E-state index contributed by atoms with van der Waals surface area (Å²) in [4.78, 5) is 2.57. The largest absolute Gasteiger partial charge is 0.392 e. The van der Waals surface area contributed by atoms with Crippen molar-refractivity contribution in [2.75, 3.05) is 32.7 Å². The molecule has 0 aromatic carbocycles. The zero-order chi connectivity index (χ0) is 11.8. The molecule has 0 amide bonds. The Kier molecular flexibility index (Phi) is 3.48. The van der Waals surface area contributed by atoms with Crippen LogP contribution in [0.3, 0.4) is 0 Å². The lowest BCUT2D eigenvalue weighted by Gasteiger charge is -2.33. The van der Waals surface area contributed by atoms with E-state index in [1.165, 1.54) is 0 Å². The second-order valence-electron chi connectivity index (χ2n) is 4.39. The van der Waals surface area contributed by atoms with Crippen LogP contribution in [-0.4, -0.2) is 60.6 Å². The topological polar surface area (TPSA) is 66.6 Å². The maximum atomic E-state index is 11.9. The van der Waals surface area contributed by atoms with E-state index in [0.717, 1.165) is 25.9 Å². The van der Waals surface area contributed by atoms with E-state index in [0.29, 0.717) is 24.6 Å². The quantitative estimate of drug-likeness (QED) is 0.685. The molecule has 2 N–H and O–H groups in total. The van der Waals surface area contributed by atoms with Crippen LogP contribution in [0.4, 0.5) is 0 Å². The molecule has 0 radical (unpaired) electrons. The molecular formula is C9H17N3O2S2. The maximum absolute atomic E-state index is 11.9. The highest BCUT2D eigenvalue weighted by molar-refractivity contribution is 7.90. The van der Waals surface area contributed by atoms with Crippen LogP contribution in [0.1, 0.15) is 12.8 Å². The summed E-state index contributed by atoms with van der Waals surface area (Å²) in [6, 6.07) is 0. The van der Waals surface area contributed by atoms with Gasteiger partial charge in [0.15, 0.2) is 0 Å². The molecule has 1 saturated carbocycles. The third-order valence-corrected chi connectivity index (χ3v) is 5.54. The van der Waals surface area contributed by atoms with Crippen molar-refractivity contribution in [3.63, 3.8) is 0 Å². The molecule has 7 heteroatoms. The Morgan fingerprint density at radius 2 is 1.81 bits per heavy atom. The lowest BCUT2D eigenvalue weighted by atomic mass is 10.3. The van der Waals surface area contributed by atoms with Crippen molar-refractivity contribution in [3.05, 3.63) is 0 Å². The van der Waals surface area contributed by atoms with E-state index in [-0.39, 0.29) is 5.25 Å². The molecule has 1 aliphatic carbocycles. The summed E-state index contributed by atoms with van der Waals surface area (Å²) in [5.74, 6) is 0. The normalized spacial score (nSPS) is 24.5. The van der Waals surface area contributed by atoms with Crippen molar-refractivity contribution in [1.29, 1.82) is 0 Å². The predicted molar refractivity (Wildman–Crippen MR) is 66.7 cm³/mol. The minimum atomic E-state index is -3.00. The van der Waals surface area contributed by atoms with E-state index >= 15 is 0 Å². The molecular weight excluding hydrogens is 246 g/mol. The van der Waals surface area contributed by atoms with Crippen molar-refractivity contribution >= 4 is 27.2 Å². The van der Waals surface area contributed by atoms with E-state index in [1.54, 1.807) is 4.31 Å². The number of nitrogens with two attached hydrogens (primary N) is 1. The molecule has 1 aliphatic heterocycles. The van der Waals surface area contributed by atoms with Gasteiger partial charge in [0.25, 0.3) is 0 Å². The molecule has 0 aromatic heterocycles. The summed E-state index contributed by atoms with van der Waals surface area (Å²) in [6.45, 7) is 3.18. The average molecular weight is 263 g/mol. The summed E-state index contributed by atoms with van der Waals surface area (Å²) in [5, 5.41) is -0.102. The first-order valence-electron chi connectivity index (χ1n) is 5.50. The Morgan fingerprint density at radius 1 is 1.25 bits per heavy atom. The van der Waals surface area contributed by atoms with Crippen molar-refractivity contribution in [2.45, 2.75) is 18.1 Å². The fourth-order valence-corrected chi connectivity index (χ4v) is 3.95. The fraction of sp³-hybridized carbons (Fsp3) is 0.889. The van der Waals surface area contributed by atoms with E-state index in [4.69, 9.17) is 18.0 Å². The molecule has 5 nitrogen and oxygen atoms in total. The average Bonchev–Trinajstić information content (AvgIpc) is 3.00. The monoisotopic (exact) mass is 263 g/mol. The highest BCUT2D eigenvalue weighted by Gasteiger charge is 2.40. The molecule has 0 aromatic rings. The smallest absolute Gasteiger partial charge is 0.217 e. The van der Waals surface area contributed by atoms with Gasteiger partial charge in [-0.15, -0.1) is 0 Å². The van der Waals surface area contributed by atoms with Gasteiger partial charge < -0.3 is 5.73 Å². The van der Waals surface area contributed by atoms with Gasteiger partial charge in [0.05, 0.1) is 10.2 Å². The molecule has 2 fully saturated rings. The Morgan fingerprint density at radius 3 is 2.25 bits per heavy atom. The van der Waals surface area contributed by atoms with Crippen LogP contribution in [0.15, 0.2) is 0 Å². The van der Waals surface area contributed by atoms with Gasteiger partial charge in [0.2, 0.25) is 10.0 Å². The number of nitrogens with zero attached hydrogens (tertiary/aromatic N) is 2. The van der Waals surface area contributed by atoms with Gasteiger partial charge in [-0.2, -0.15) is 4.31 Å². The zero-order valence-corrected chi connectivity index (χ0v) is 10.8. The van der Waals surface area contributed by atoms with Gasteiger partial charge in [-0.3, -0.25) is 4.90 Å². The Hall–Kier alpha value is -0.240. The molecule has 0 spiro atoms. The Balaban J connectivity index is 1.87. The van der Waals surface area contributed by atoms with Gasteiger partial charge in [0.1, 0.15) is 0 Å². The van der Waals surface area contributed by atoms with E-state index in [2.05, 4.69) is 4.90 Å². The summed E-state index contributed by atoms with van der Waals surface area (Å²) in [6.07, 6.45) is 1.66. The van der Waals surface area contributed by atoms with E-state index in [9.17, 15) is 8.42 Å². The molecule has 1 heterocycles. The van der Waals surface area contributed by atoms with Crippen LogP contribution >= 0.6 is 12.2 Å². The minimum absolute atomic E-state index is 0.102. The number of rotatable bonds is 4. The summed E-state index contributed by atoms with van der Waals surface area (Å²) in [7, 11) is -3.00. The predicted octanol–water partition coefficient (Wildman–Crippen LogP) is -0.618. The third-order valence-electron chi connectivity index (χ3n) is 3.02. The molecule has 1 saturated heterocycles. The van der Waals surface area contributed by atoms with Crippen LogP contribution in [0.5, 0.6) is 0 Å². The lowest BCUT2D eigenvalue weighted by molar-refractivity contribution is 0.209. The number of sulfonamides is 1. The lowest BCUT2D eigenvalue weighted by Crippen LogP contribution is -2.51. The standard InChI is InChI=1S/C9H17N3O2S2/c10-9(15)7-11-3-5-12(6-4-11)16(13,14)8-1-2-8/h8H,1-7H2,(H2,10,15). The molecule has 0 atom stereocenters. The third kappa shape index (κ3) is 2.71. The molecule has 92 valence electrons. The maximum Gasteiger partial charge on any atom is 0.217 e. The van der Waals surface area contributed by atoms with Gasteiger partial charge in [-0.1, -0.05) is 12.2 Å². The van der Waals surface area contributed by atoms with Crippen LogP contribution in [-0.2, 0) is 10.0 Å². The molecule has 0 bridgehead atoms. The summed E-state index contributed by atoms with van der Waals surface area (Å²) < 4.78 is 25.5. The van der Waals surface area contributed by atoms with Crippen molar-refractivity contribution in [2.24, 2.45) is 5.73 Å². The van der Waals surface area contributed by atoms with Gasteiger partial charge in [0, 0.05) is 32.7 Å². The highest BCUT2D eigenvalue weighted by atomic mass is 32.2. The van der Waals surface area contributed by atoms with E-state index in [1.807, 2.05) is 0 Å². The molecule has 16 heavy (non-hydrogen) atoms. The second kappa shape index (κ2) is 4.56. The second-order valence-corrected chi connectivity index (χ2v) is 7.12. The van der Waals surface area contributed by atoms with Gasteiger partial charge >= 0.3 is 0 Å². The first-order valence-corrected chi connectivity index (χ1v) is 7.41. The van der Waals surface area contributed by atoms with E-state index < -0.39 is 10.0 Å². The van der Waals surface area contributed by atoms with Crippen molar-refractivity contribution < 1.29 is 8.42 Å². The highest BCUT2D eigenvalue weighted by Crippen LogP contribution is 2.31. The Labute approximate surface area is 102 Å². The fourth-order valence-electron chi connectivity index (χ4n) is 1.94. The summed E-state index contributed by atoms with van der Waals surface area (Å²) >= 11 is 4.84. The van der Waals surface area contributed by atoms with Crippen LogP contribution in [0, 0.1) is 0 Å². The molecule has 2 aliphatic rings. The SMILES string of the molecule is NC(=S)CN1CCN(S(=O)(=O)C2CC2)CC1. The molecule has 2 rings (SSSR count). The number of hydrogen-bond acceptors (Lipinski definition) is 4. The van der Waals surface area contributed by atoms with Gasteiger partial charge in [-0.25, -0.2) is 8.42 Å². The van der Waals surface area contributed by atoms with Crippen molar-refractivity contribution in [1.82, 2.24) is 9.21 Å². The first kappa shape index (κ1) is 12.2. The summed E-state index contributed by atoms with van der Waals surface area (Å²) in [5.41, 5.74) is 5.46. The first-order chi connectivity index (χ1) is 7.50. The zero-order valence-electron chi connectivity index (χ0n) is 9.13. The van der Waals surface area contributed by atoms with Crippen LogP contribution < -0.4 is 5.73 Å².